The van der Waals surface area contributed by atoms with E-state index in [1.165, 1.54) is 12.1 Å². The van der Waals surface area contributed by atoms with E-state index in [1.807, 2.05) is 24.6 Å². The van der Waals surface area contributed by atoms with Crippen LogP contribution < -0.4 is 0 Å². The molecule has 0 spiro atoms. The van der Waals surface area contributed by atoms with Gasteiger partial charge in [0.25, 0.3) is 5.89 Å². The summed E-state index contributed by atoms with van der Waals surface area (Å²) in [4.78, 5) is 3.05. The van der Waals surface area contributed by atoms with Crippen molar-refractivity contribution in [3.63, 3.8) is 0 Å². The minimum absolute atomic E-state index is 0.123. The lowest BCUT2D eigenvalue weighted by Crippen LogP contribution is -2.22. The van der Waals surface area contributed by atoms with Crippen molar-refractivity contribution in [2.75, 3.05) is 7.05 Å². The third kappa shape index (κ3) is 3.23. The molecule has 0 amide bonds. The Balaban J connectivity index is 1.68. The Kier molecular flexibility index (Phi) is 4.31. The number of rotatable bonds is 5. The van der Waals surface area contributed by atoms with Crippen LogP contribution in [0.5, 0.6) is 0 Å². The molecule has 0 aliphatic carbocycles. The monoisotopic (exact) mass is 317 g/mol. The molecule has 0 fully saturated rings. The Hall–Kier alpha value is -2.05. The van der Waals surface area contributed by atoms with Crippen molar-refractivity contribution in [3.8, 4) is 10.8 Å². The first kappa shape index (κ1) is 14.9. The number of benzene rings is 1. The van der Waals surface area contributed by atoms with Gasteiger partial charge in [0.15, 0.2) is 0 Å². The third-order valence-corrected chi connectivity index (χ3v) is 4.45. The normalized spacial score (nSPS) is 12.7. The van der Waals surface area contributed by atoms with Gasteiger partial charge in [-0.25, -0.2) is 4.39 Å². The molecule has 2 aromatic heterocycles. The maximum absolute atomic E-state index is 13.0. The van der Waals surface area contributed by atoms with Crippen molar-refractivity contribution in [2.24, 2.45) is 0 Å². The van der Waals surface area contributed by atoms with E-state index in [-0.39, 0.29) is 11.9 Å². The highest BCUT2D eigenvalue weighted by atomic mass is 32.1. The quantitative estimate of drug-likeness (QED) is 0.709. The summed E-state index contributed by atoms with van der Waals surface area (Å²) in [5.74, 6) is 0.892. The highest BCUT2D eigenvalue weighted by Crippen LogP contribution is 2.25. The molecule has 0 bridgehead atoms. The number of aromatic nitrogens is 2. The minimum Gasteiger partial charge on any atom is -0.419 e. The zero-order valence-electron chi connectivity index (χ0n) is 12.4. The fraction of sp³-hybridized carbons (Fsp3) is 0.250. The number of hydrogen-bond acceptors (Lipinski definition) is 5. The average molecular weight is 317 g/mol. The molecule has 0 aliphatic rings. The fourth-order valence-electron chi connectivity index (χ4n) is 2.16. The molecule has 2 heterocycles. The van der Waals surface area contributed by atoms with Crippen LogP contribution in [0.2, 0.25) is 0 Å². The summed E-state index contributed by atoms with van der Waals surface area (Å²) in [7, 11) is 1.98. The summed E-state index contributed by atoms with van der Waals surface area (Å²) < 4.78 is 18.7. The summed E-state index contributed by atoms with van der Waals surface area (Å²) in [6, 6.07) is 10.6. The van der Waals surface area contributed by atoms with Gasteiger partial charge in [-0.05, 0) is 43.1 Å². The van der Waals surface area contributed by atoms with Crippen molar-refractivity contribution < 1.29 is 8.81 Å². The van der Waals surface area contributed by atoms with E-state index >= 15 is 0 Å². The van der Waals surface area contributed by atoms with E-state index < -0.39 is 0 Å². The summed E-state index contributed by atoms with van der Waals surface area (Å²) in [5.41, 5.74) is 1.04. The second-order valence-electron chi connectivity index (χ2n) is 5.12. The van der Waals surface area contributed by atoms with Gasteiger partial charge in [0.05, 0.1) is 11.4 Å². The zero-order chi connectivity index (χ0) is 15.5. The third-order valence-electron chi connectivity index (χ3n) is 3.60. The summed E-state index contributed by atoms with van der Waals surface area (Å²) in [5, 5.41) is 10.1. The van der Waals surface area contributed by atoms with Crippen LogP contribution in [0.3, 0.4) is 0 Å². The second kappa shape index (κ2) is 6.37. The Labute approximate surface area is 132 Å². The van der Waals surface area contributed by atoms with Gasteiger partial charge < -0.3 is 4.42 Å². The van der Waals surface area contributed by atoms with Gasteiger partial charge in [-0.2, -0.15) is 0 Å². The predicted molar refractivity (Wildman–Crippen MR) is 83.9 cm³/mol. The molecule has 114 valence electrons. The Morgan fingerprint density at radius 3 is 2.68 bits per heavy atom. The minimum atomic E-state index is -0.226. The summed E-state index contributed by atoms with van der Waals surface area (Å²) in [6.07, 6.45) is 0. The number of thiophene rings is 1. The standard InChI is InChI=1S/C16H16FN3OS/c1-11(12-5-7-13(17)8-6-12)20(2)10-15-18-19-16(21-15)14-4-3-9-22-14/h3-9,11H,10H2,1-2H3. The molecule has 1 atom stereocenters. The second-order valence-corrected chi connectivity index (χ2v) is 6.07. The molecule has 3 rings (SSSR count). The van der Waals surface area contributed by atoms with Gasteiger partial charge in [-0.1, -0.05) is 18.2 Å². The van der Waals surface area contributed by atoms with E-state index in [0.29, 0.717) is 18.3 Å². The predicted octanol–water partition coefficient (Wildman–Crippen LogP) is 4.13. The van der Waals surface area contributed by atoms with Gasteiger partial charge in [0, 0.05) is 6.04 Å². The molecule has 0 radical (unpaired) electrons. The topological polar surface area (TPSA) is 42.2 Å². The van der Waals surface area contributed by atoms with Gasteiger partial charge in [-0.15, -0.1) is 21.5 Å². The largest absolute Gasteiger partial charge is 0.419 e. The molecule has 0 saturated carbocycles. The molecule has 0 saturated heterocycles. The highest BCUT2D eigenvalue weighted by Gasteiger charge is 2.16. The maximum Gasteiger partial charge on any atom is 0.257 e. The van der Waals surface area contributed by atoms with Crippen molar-refractivity contribution >= 4 is 11.3 Å². The summed E-state index contributed by atoms with van der Waals surface area (Å²) >= 11 is 1.57. The summed E-state index contributed by atoms with van der Waals surface area (Å²) in [6.45, 7) is 2.60. The van der Waals surface area contributed by atoms with Crippen LogP contribution in [-0.2, 0) is 6.54 Å². The van der Waals surface area contributed by atoms with Crippen molar-refractivity contribution in [3.05, 3.63) is 59.0 Å². The average Bonchev–Trinajstić information content (AvgIpc) is 3.18. The zero-order valence-corrected chi connectivity index (χ0v) is 13.2. The lowest BCUT2D eigenvalue weighted by Gasteiger charge is -2.23. The molecule has 3 aromatic rings. The molecule has 1 aromatic carbocycles. The molecule has 22 heavy (non-hydrogen) atoms. The SMILES string of the molecule is CC(c1ccc(F)cc1)N(C)Cc1nnc(-c2cccs2)o1. The molecule has 6 heteroatoms. The fourth-order valence-corrected chi connectivity index (χ4v) is 2.81. The lowest BCUT2D eigenvalue weighted by molar-refractivity contribution is 0.228. The van der Waals surface area contributed by atoms with E-state index in [0.717, 1.165) is 10.4 Å². The number of hydrogen-bond donors (Lipinski definition) is 0. The van der Waals surface area contributed by atoms with Crippen LogP contribution in [-0.4, -0.2) is 22.1 Å². The molecule has 0 N–H and O–H groups in total. The van der Waals surface area contributed by atoms with Gasteiger partial charge in [0.1, 0.15) is 5.82 Å². The van der Waals surface area contributed by atoms with Crippen LogP contribution in [0.25, 0.3) is 10.8 Å². The first-order valence-corrected chi connectivity index (χ1v) is 7.83. The van der Waals surface area contributed by atoms with Gasteiger partial charge in [0.2, 0.25) is 5.89 Å². The van der Waals surface area contributed by atoms with Crippen LogP contribution in [0, 0.1) is 5.82 Å². The molecule has 0 aliphatic heterocycles. The smallest absolute Gasteiger partial charge is 0.257 e. The molecular formula is C16H16FN3OS. The van der Waals surface area contributed by atoms with E-state index in [1.54, 1.807) is 23.5 Å². The van der Waals surface area contributed by atoms with Crippen molar-refractivity contribution in [2.45, 2.75) is 19.5 Å². The van der Waals surface area contributed by atoms with Crippen molar-refractivity contribution in [1.29, 1.82) is 0 Å². The van der Waals surface area contributed by atoms with E-state index in [2.05, 4.69) is 22.0 Å². The first-order valence-electron chi connectivity index (χ1n) is 6.95. The molecule has 4 nitrogen and oxygen atoms in total. The van der Waals surface area contributed by atoms with Crippen LogP contribution in [0.4, 0.5) is 4.39 Å². The number of halogens is 1. The van der Waals surface area contributed by atoms with Crippen LogP contribution in [0.15, 0.2) is 46.2 Å². The molecule has 1 unspecified atom stereocenters. The van der Waals surface area contributed by atoms with E-state index in [9.17, 15) is 4.39 Å². The van der Waals surface area contributed by atoms with Crippen LogP contribution >= 0.6 is 11.3 Å². The molecular weight excluding hydrogens is 301 g/mol. The highest BCUT2D eigenvalue weighted by molar-refractivity contribution is 7.13. The van der Waals surface area contributed by atoms with Crippen molar-refractivity contribution in [1.82, 2.24) is 15.1 Å². The lowest BCUT2D eigenvalue weighted by atomic mass is 10.1. The van der Waals surface area contributed by atoms with E-state index in [4.69, 9.17) is 4.42 Å². The Bertz CT molecular complexity index is 724. The number of nitrogens with zero attached hydrogens (tertiary/aromatic N) is 3. The maximum atomic E-state index is 13.0. The Morgan fingerprint density at radius 2 is 2.00 bits per heavy atom. The first-order chi connectivity index (χ1) is 10.6. The van der Waals surface area contributed by atoms with Gasteiger partial charge >= 0.3 is 0 Å². The Morgan fingerprint density at radius 1 is 1.23 bits per heavy atom. The van der Waals surface area contributed by atoms with Gasteiger partial charge in [-0.3, -0.25) is 4.90 Å². The van der Waals surface area contributed by atoms with Crippen LogP contribution in [0.1, 0.15) is 24.4 Å².